The van der Waals surface area contributed by atoms with E-state index in [1.807, 2.05) is 24.3 Å². The van der Waals surface area contributed by atoms with Crippen LogP contribution in [0.15, 0.2) is 30.5 Å². The van der Waals surface area contributed by atoms with Crippen molar-refractivity contribution in [3.8, 4) is 5.75 Å². The van der Waals surface area contributed by atoms with E-state index in [-0.39, 0.29) is 0 Å². The highest BCUT2D eigenvalue weighted by Crippen LogP contribution is 2.30. The number of hydrogen-bond donors (Lipinski definition) is 1. The van der Waals surface area contributed by atoms with E-state index in [4.69, 9.17) is 4.74 Å². The van der Waals surface area contributed by atoms with Gasteiger partial charge in [-0.3, -0.25) is 4.98 Å². The summed E-state index contributed by atoms with van der Waals surface area (Å²) >= 11 is 0. The predicted octanol–water partition coefficient (Wildman–Crippen LogP) is 3.93. The van der Waals surface area contributed by atoms with Crippen LogP contribution in [0.2, 0.25) is 0 Å². The third-order valence-corrected chi connectivity index (χ3v) is 5.22. The van der Waals surface area contributed by atoms with E-state index < -0.39 is 6.10 Å². The van der Waals surface area contributed by atoms with Crippen LogP contribution in [-0.4, -0.2) is 41.2 Å². The highest BCUT2D eigenvalue weighted by Gasteiger charge is 2.23. The molecule has 1 aliphatic rings. The summed E-state index contributed by atoms with van der Waals surface area (Å²) in [6.45, 7) is 4.55. The van der Waals surface area contributed by atoms with Crippen LogP contribution in [0, 0.1) is 0 Å². The molecule has 0 aliphatic carbocycles. The topological polar surface area (TPSA) is 45.6 Å². The Morgan fingerprint density at radius 1 is 1.21 bits per heavy atom. The molecular weight excluding hydrogens is 300 g/mol. The first-order chi connectivity index (χ1) is 11.7. The van der Waals surface area contributed by atoms with Crippen LogP contribution in [-0.2, 0) is 0 Å². The second kappa shape index (κ2) is 7.95. The van der Waals surface area contributed by atoms with Crippen molar-refractivity contribution in [2.75, 3.05) is 20.2 Å². The van der Waals surface area contributed by atoms with E-state index in [9.17, 15) is 5.11 Å². The van der Waals surface area contributed by atoms with Crippen LogP contribution in [0.4, 0.5) is 0 Å². The summed E-state index contributed by atoms with van der Waals surface area (Å²) in [7, 11) is 1.66. The SMILES string of the molecule is CC[C@@H](C[C@H](O)c1ccnc2ccc(OC)cc12)N1CCCCC1. The second-order valence-corrected chi connectivity index (χ2v) is 6.69. The normalized spacial score (nSPS) is 18.5. The van der Waals surface area contributed by atoms with Gasteiger partial charge < -0.3 is 14.7 Å². The average molecular weight is 328 g/mol. The van der Waals surface area contributed by atoms with Gasteiger partial charge in [-0.25, -0.2) is 0 Å². The van der Waals surface area contributed by atoms with Crippen LogP contribution < -0.4 is 4.74 Å². The van der Waals surface area contributed by atoms with Crippen LogP contribution in [0.25, 0.3) is 10.9 Å². The first-order valence-electron chi connectivity index (χ1n) is 9.07. The van der Waals surface area contributed by atoms with Gasteiger partial charge in [0, 0.05) is 17.6 Å². The van der Waals surface area contributed by atoms with Crippen molar-refractivity contribution in [1.29, 1.82) is 0 Å². The van der Waals surface area contributed by atoms with Gasteiger partial charge in [0.15, 0.2) is 0 Å². The van der Waals surface area contributed by atoms with Gasteiger partial charge in [-0.05, 0) is 68.6 Å². The number of aliphatic hydroxyl groups is 1. The highest BCUT2D eigenvalue weighted by atomic mass is 16.5. The molecule has 130 valence electrons. The van der Waals surface area contributed by atoms with E-state index in [2.05, 4.69) is 16.8 Å². The molecule has 0 spiro atoms. The molecule has 24 heavy (non-hydrogen) atoms. The van der Waals surface area contributed by atoms with E-state index >= 15 is 0 Å². The van der Waals surface area contributed by atoms with Gasteiger partial charge in [-0.1, -0.05) is 13.3 Å². The van der Waals surface area contributed by atoms with Gasteiger partial charge >= 0.3 is 0 Å². The van der Waals surface area contributed by atoms with Gasteiger partial charge in [0.1, 0.15) is 5.75 Å². The van der Waals surface area contributed by atoms with Crippen LogP contribution >= 0.6 is 0 Å². The third kappa shape index (κ3) is 3.70. The van der Waals surface area contributed by atoms with Crippen molar-refractivity contribution in [2.24, 2.45) is 0 Å². The number of aliphatic hydroxyl groups excluding tert-OH is 1. The Morgan fingerprint density at radius 2 is 2.00 bits per heavy atom. The molecule has 4 heteroatoms. The number of likely N-dealkylation sites (tertiary alicyclic amines) is 1. The number of nitrogens with zero attached hydrogens (tertiary/aromatic N) is 2. The third-order valence-electron chi connectivity index (χ3n) is 5.22. The Morgan fingerprint density at radius 3 is 2.71 bits per heavy atom. The fourth-order valence-electron chi connectivity index (χ4n) is 3.81. The standard InChI is InChI=1S/C20H28N2O2/c1-3-15(22-11-5-4-6-12-22)13-20(23)17-9-10-21-19-8-7-16(24-2)14-18(17)19/h7-10,14-15,20,23H,3-6,11-13H2,1-2H3/t15-,20-/m0/s1. The summed E-state index contributed by atoms with van der Waals surface area (Å²) in [6.07, 6.45) is 7.05. The number of hydrogen-bond acceptors (Lipinski definition) is 4. The summed E-state index contributed by atoms with van der Waals surface area (Å²) in [5.74, 6) is 0.798. The maximum absolute atomic E-state index is 10.9. The molecule has 1 aliphatic heterocycles. The Hall–Kier alpha value is -1.65. The van der Waals surface area contributed by atoms with E-state index in [0.717, 1.165) is 48.1 Å². The number of pyridine rings is 1. The van der Waals surface area contributed by atoms with Gasteiger partial charge in [0.25, 0.3) is 0 Å². The molecular formula is C20H28N2O2. The maximum Gasteiger partial charge on any atom is 0.119 e. The molecule has 0 radical (unpaired) electrons. The fourth-order valence-corrected chi connectivity index (χ4v) is 3.81. The van der Waals surface area contributed by atoms with Crippen molar-refractivity contribution in [3.63, 3.8) is 0 Å². The quantitative estimate of drug-likeness (QED) is 0.872. The van der Waals surface area contributed by atoms with E-state index in [1.165, 1.54) is 19.3 Å². The minimum Gasteiger partial charge on any atom is -0.497 e. The number of aromatic nitrogens is 1. The second-order valence-electron chi connectivity index (χ2n) is 6.69. The van der Waals surface area contributed by atoms with Crippen molar-refractivity contribution in [2.45, 2.75) is 51.2 Å². The summed E-state index contributed by atoms with van der Waals surface area (Å²) < 4.78 is 5.34. The number of fused-ring (bicyclic) bond motifs is 1. The van der Waals surface area contributed by atoms with Crippen molar-refractivity contribution < 1.29 is 9.84 Å². The minimum absolute atomic E-state index is 0.439. The lowest BCUT2D eigenvalue weighted by Gasteiger charge is -2.35. The predicted molar refractivity (Wildman–Crippen MR) is 97.4 cm³/mol. The Balaban J connectivity index is 1.83. The zero-order valence-electron chi connectivity index (χ0n) is 14.7. The largest absolute Gasteiger partial charge is 0.497 e. The minimum atomic E-state index is -0.477. The number of benzene rings is 1. The Kier molecular flexibility index (Phi) is 5.69. The lowest BCUT2D eigenvalue weighted by atomic mass is 9.95. The fraction of sp³-hybridized carbons (Fsp3) is 0.550. The molecule has 2 heterocycles. The molecule has 3 rings (SSSR count). The lowest BCUT2D eigenvalue weighted by Crippen LogP contribution is -2.39. The molecule has 1 N–H and O–H groups in total. The van der Waals surface area contributed by atoms with Crippen LogP contribution in [0.3, 0.4) is 0 Å². The van der Waals surface area contributed by atoms with Crippen molar-refractivity contribution in [1.82, 2.24) is 9.88 Å². The van der Waals surface area contributed by atoms with Crippen molar-refractivity contribution >= 4 is 10.9 Å². The molecule has 1 saturated heterocycles. The molecule has 2 aromatic rings. The zero-order chi connectivity index (χ0) is 16.9. The molecule has 1 aromatic heterocycles. The Labute approximate surface area is 144 Å². The number of ether oxygens (including phenoxy) is 1. The molecule has 0 bridgehead atoms. The molecule has 1 aromatic carbocycles. The summed E-state index contributed by atoms with van der Waals surface area (Å²) in [5.41, 5.74) is 1.85. The molecule has 0 amide bonds. The molecule has 0 saturated carbocycles. The lowest BCUT2D eigenvalue weighted by molar-refractivity contribution is 0.0877. The first-order valence-corrected chi connectivity index (χ1v) is 9.07. The van der Waals surface area contributed by atoms with Gasteiger partial charge in [-0.15, -0.1) is 0 Å². The highest BCUT2D eigenvalue weighted by molar-refractivity contribution is 5.83. The van der Waals surface area contributed by atoms with E-state index in [1.54, 1.807) is 13.3 Å². The number of piperidine rings is 1. The summed E-state index contributed by atoms with van der Waals surface area (Å²) in [4.78, 5) is 6.96. The first kappa shape index (κ1) is 17.2. The van der Waals surface area contributed by atoms with Gasteiger partial charge in [0.2, 0.25) is 0 Å². The average Bonchev–Trinajstić information content (AvgIpc) is 2.65. The zero-order valence-corrected chi connectivity index (χ0v) is 14.7. The molecule has 2 atom stereocenters. The molecule has 4 nitrogen and oxygen atoms in total. The maximum atomic E-state index is 10.9. The molecule has 1 fully saturated rings. The van der Waals surface area contributed by atoms with Crippen molar-refractivity contribution in [3.05, 3.63) is 36.0 Å². The summed E-state index contributed by atoms with van der Waals surface area (Å²) in [6, 6.07) is 8.22. The van der Waals surface area contributed by atoms with Gasteiger partial charge in [0.05, 0.1) is 18.7 Å². The van der Waals surface area contributed by atoms with Gasteiger partial charge in [-0.2, -0.15) is 0 Å². The summed E-state index contributed by atoms with van der Waals surface area (Å²) in [5, 5.41) is 11.9. The van der Waals surface area contributed by atoms with E-state index in [0.29, 0.717) is 6.04 Å². The monoisotopic (exact) mass is 328 g/mol. The number of methoxy groups -OCH3 is 1. The van der Waals surface area contributed by atoms with Crippen LogP contribution in [0.1, 0.15) is 50.7 Å². The Bertz CT molecular complexity index is 668. The van der Waals surface area contributed by atoms with Crippen LogP contribution in [0.5, 0.6) is 5.75 Å². The molecule has 0 unspecified atom stereocenters. The number of rotatable bonds is 6. The smallest absolute Gasteiger partial charge is 0.119 e.